The average molecular weight is 728 g/mol. The zero-order chi connectivity index (χ0) is 32.2. The molecule has 1 atom stereocenters. The van der Waals surface area contributed by atoms with E-state index in [0.29, 0.717) is 17.3 Å². The lowest BCUT2D eigenvalue weighted by Crippen LogP contribution is -2.58. The Morgan fingerprint density at radius 1 is 0.870 bits per heavy atom. The summed E-state index contributed by atoms with van der Waals surface area (Å²) in [5.41, 5.74) is 7.78. The molecule has 0 aromatic carbocycles. The van der Waals surface area contributed by atoms with Gasteiger partial charge in [-0.25, -0.2) is 15.0 Å². The molecule has 2 aliphatic heterocycles. The average Bonchev–Trinajstić information content (AvgIpc) is 3.37. The van der Waals surface area contributed by atoms with E-state index >= 15 is 0 Å². The number of carbonyl (C=O) groups is 4. The number of amides is 2. The highest BCUT2D eigenvalue weighted by molar-refractivity contribution is 9.10. The van der Waals surface area contributed by atoms with Gasteiger partial charge >= 0.3 is 0 Å². The van der Waals surface area contributed by atoms with E-state index in [9.17, 15) is 19.2 Å². The zero-order valence-corrected chi connectivity index (χ0v) is 28.2. The van der Waals surface area contributed by atoms with Crippen LogP contribution in [-0.2, 0) is 35.3 Å². The number of halogens is 3. The Bertz CT molecular complexity index is 1770. The molecule has 3 fully saturated rings. The highest BCUT2D eigenvalue weighted by Gasteiger charge is 2.45. The summed E-state index contributed by atoms with van der Waals surface area (Å²) in [6.45, 7) is 0. The molecule has 5 heterocycles. The molecule has 0 radical (unpaired) electrons. The van der Waals surface area contributed by atoms with E-state index < -0.39 is 0 Å². The molecule has 2 saturated carbocycles. The fourth-order valence-corrected chi connectivity index (χ4v) is 8.21. The molecular weight excluding hydrogens is 695 g/mol. The number of piperidine rings is 1. The molecule has 4 aliphatic carbocycles. The minimum atomic E-state index is -0.119. The number of hydrogen-bond acceptors (Lipinski definition) is 7. The first-order chi connectivity index (χ1) is 22.0. The monoisotopic (exact) mass is 726 g/mol. The minimum absolute atomic E-state index is 0.00514. The first-order valence-electron chi connectivity index (χ1n) is 15.8. The van der Waals surface area contributed by atoms with Crippen molar-refractivity contribution in [3.05, 3.63) is 62.5 Å². The standard InChI is InChI=1S/C17H16ClN3O.C8H6BrClN2O.C8H11NO2/c18-13-6-11-9(8-19-13)2-3-10-14-12(20-15(10)11)7-17(4-1-5-17)21-16(14)22;9-5-2-1-4-3-11-8(10)12-6(4)7(5)13;10-6-4-7(11)9-8(5-6)2-1-3-8/h6,8,20H,1-5,7H2,(H,21,22);3,5H,1-2H2;1-5H2,(H,9,11). The zero-order valence-electron chi connectivity index (χ0n) is 25.1. The van der Waals surface area contributed by atoms with E-state index in [-0.39, 0.29) is 51.0 Å². The molecule has 3 aromatic rings. The van der Waals surface area contributed by atoms with Crippen LogP contribution >= 0.6 is 39.1 Å². The van der Waals surface area contributed by atoms with Gasteiger partial charge in [-0.3, -0.25) is 19.2 Å². The fraction of sp³-hybridized carbons (Fsp3) is 0.485. The van der Waals surface area contributed by atoms with Crippen molar-refractivity contribution in [2.24, 2.45) is 0 Å². The number of Topliss-reactive ketones (excluding diaryl/α,β-unsaturated/α-hetero) is 2. The van der Waals surface area contributed by atoms with Crippen molar-refractivity contribution in [3.8, 4) is 11.3 Å². The summed E-state index contributed by atoms with van der Waals surface area (Å²) >= 11 is 15.0. The van der Waals surface area contributed by atoms with Crippen molar-refractivity contribution in [2.45, 2.75) is 99.4 Å². The molecule has 1 unspecified atom stereocenters. The maximum absolute atomic E-state index is 12.6. The number of nitrogens with one attached hydrogen (secondary N) is 3. The SMILES string of the molecule is O=C1CC(=O)NC2(CCC2)C1.O=C1NC2(CCC2)Cc2[nH]c3c(c21)CCc1cnc(Cl)cc1-3.O=C1c2nc(Cl)ncc2CCC1Br. The first kappa shape index (κ1) is 31.4. The van der Waals surface area contributed by atoms with Gasteiger partial charge in [-0.05, 0) is 93.0 Å². The molecule has 9 rings (SSSR count). The van der Waals surface area contributed by atoms with Crippen molar-refractivity contribution in [3.63, 3.8) is 0 Å². The number of aryl methyl sites for hydroxylation is 2. The topological polar surface area (TPSA) is 147 Å². The quantitative estimate of drug-likeness (QED) is 0.121. The van der Waals surface area contributed by atoms with Crippen LogP contribution in [0.1, 0.15) is 101 Å². The molecule has 46 heavy (non-hydrogen) atoms. The third-order valence-corrected chi connectivity index (χ3v) is 11.4. The van der Waals surface area contributed by atoms with E-state index in [2.05, 4.69) is 46.5 Å². The molecule has 10 nitrogen and oxygen atoms in total. The van der Waals surface area contributed by atoms with Crippen molar-refractivity contribution in [1.29, 1.82) is 0 Å². The summed E-state index contributed by atoms with van der Waals surface area (Å²) in [6.07, 6.45) is 15.0. The number of fused-ring (bicyclic) bond motifs is 6. The van der Waals surface area contributed by atoms with Crippen LogP contribution in [0.2, 0.25) is 10.4 Å². The third-order valence-electron chi connectivity index (χ3n) is 10.1. The molecule has 3 N–H and O–H groups in total. The Labute approximate surface area is 284 Å². The second-order valence-corrected chi connectivity index (χ2v) is 15.0. The Balaban J connectivity index is 0.000000120. The third kappa shape index (κ3) is 5.90. The molecule has 1 saturated heterocycles. The smallest absolute Gasteiger partial charge is 0.253 e. The Morgan fingerprint density at radius 2 is 1.59 bits per heavy atom. The molecule has 240 valence electrons. The molecule has 0 bridgehead atoms. The van der Waals surface area contributed by atoms with E-state index in [0.717, 1.165) is 97.8 Å². The van der Waals surface area contributed by atoms with Gasteiger partial charge in [0.2, 0.25) is 11.2 Å². The highest BCUT2D eigenvalue weighted by Crippen LogP contribution is 2.43. The largest absolute Gasteiger partial charge is 0.357 e. The van der Waals surface area contributed by atoms with Crippen LogP contribution in [0.4, 0.5) is 0 Å². The van der Waals surface area contributed by atoms with Crippen LogP contribution in [-0.4, -0.2) is 59.2 Å². The molecule has 2 spiro atoms. The molecule has 6 aliphatic rings. The first-order valence-corrected chi connectivity index (χ1v) is 17.4. The van der Waals surface area contributed by atoms with Crippen molar-refractivity contribution in [1.82, 2.24) is 30.6 Å². The molecule has 3 aromatic heterocycles. The van der Waals surface area contributed by atoms with Crippen LogP contribution in [0.5, 0.6) is 0 Å². The van der Waals surface area contributed by atoms with Crippen molar-refractivity contribution in [2.75, 3.05) is 0 Å². The normalized spacial score (nSPS) is 22.6. The molecular formula is C33H33BrCl2N6O4. The number of H-pyrrole nitrogens is 1. The van der Waals surface area contributed by atoms with E-state index in [1.807, 2.05) is 12.3 Å². The van der Waals surface area contributed by atoms with Crippen LogP contribution in [0, 0.1) is 0 Å². The summed E-state index contributed by atoms with van der Waals surface area (Å²) < 4.78 is 0. The van der Waals surface area contributed by atoms with E-state index in [4.69, 9.17) is 23.2 Å². The minimum Gasteiger partial charge on any atom is -0.357 e. The number of hydrogen-bond donors (Lipinski definition) is 3. The van der Waals surface area contributed by atoms with Gasteiger partial charge in [-0.15, -0.1) is 0 Å². The number of aromatic amines is 1. The van der Waals surface area contributed by atoms with E-state index in [1.165, 1.54) is 12.0 Å². The maximum Gasteiger partial charge on any atom is 0.253 e. The lowest BCUT2D eigenvalue weighted by molar-refractivity contribution is -0.136. The summed E-state index contributed by atoms with van der Waals surface area (Å²) in [7, 11) is 0. The van der Waals surface area contributed by atoms with E-state index in [1.54, 1.807) is 6.20 Å². The van der Waals surface area contributed by atoms with Gasteiger partial charge in [0, 0.05) is 53.1 Å². The van der Waals surface area contributed by atoms with Gasteiger partial charge in [-0.2, -0.15) is 0 Å². The van der Waals surface area contributed by atoms with Crippen molar-refractivity contribution >= 4 is 62.5 Å². The fourth-order valence-electron chi connectivity index (χ4n) is 7.48. The number of rotatable bonds is 0. The second kappa shape index (κ2) is 12.1. The van der Waals surface area contributed by atoms with Gasteiger partial charge in [0.1, 0.15) is 16.6 Å². The molecule has 2 amide bonds. The van der Waals surface area contributed by atoms with Crippen LogP contribution in [0.25, 0.3) is 11.3 Å². The summed E-state index contributed by atoms with van der Waals surface area (Å²) in [4.78, 5) is 61.5. The highest BCUT2D eigenvalue weighted by atomic mass is 79.9. The lowest BCUT2D eigenvalue weighted by Gasteiger charge is -2.45. The van der Waals surface area contributed by atoms with Gasteiger partial charge in [-0.1, -0.05) is 27.5 Å². The van der Waals surface area contributed by atoms with Crippen LogP contribution < -0.4 is 10.6 Å². The predicted molar refractivity (Wildman–Crippen MR) is 176 cm³/mol. The lowest BCUT2D eigenvalue weighted by atomic mass is 9.71. The second-order valence-electron chi connectivity index (χ2n) is 13.2. The van der Waals surface area contributed by atoms with Gasteiger partial charge in [0.05, 0.1) is 22.5 Å². The number of ketones is 2. The van der Waals surface area contributed by atoms with Gasteiger partial charge in [0.25, 0.3) is 5.91 Å². The number of pyridine rings is 1. The number of nitrogens with zero attached hydrogens (tertiary/aromatic N) is 3. The van der Waals surface area contributed by atoms with Crippen LogP contribution in [0.3, 0.4) is 0 Å². The molecule has 13 heteroatoms. The Kier molecular flexibility index (Phi) is 8.30. The van der Waals surface area contributed by atoms with Crippen LogP contribution in [0.15, 0.2) is 18.5 Å². The summed E-state index contributed by atoms with van der Waals surface area (Å²) in [5.74, 6) is 0.127. The van der Waals surface area contributed by atoms with Gasteiger partial charge in [0.15, 0.2) is 5.78 Å². The Hall–Kier alpha value is -3.15. The predicted octanol–water partition coefficient (Wildman–Crippen LogP) is 5.45. The van der Waals surface area contributed by atoms with Gasteiger partial charge < -0.3 is 15.6 Å². The summed E-state index contributed by atoms with van der Waals surface area (Å²) in [6, 6.07) is 1.91. The number of aromatic nitrogens is 4. The van der Waals surface area contributed by atoms with Crippen molar-refractivity contribution < 1.29 is 19.2 Å². The number of alkyl halides is 1. The number of carbonyl (C=O) groups excluding carboxylic acids is 4. The maximum atomic E-state index is 12.6. The summed E-state index contributed by atoms with van der Waals surface area (Å²) in [5, 5.41) is 6.79. The Morgan fingerprint density at radius 3 is 2.28 bits per heavy atom.